The average Bonchev–Trinajstić information content (AvgIpc) is 2.37. The van der Waals surface area contributed by atoms with Crippen LogP contribution in [-0.4, -0.2) is 9.91 Å². The van der Waals surface area contributed by atoms with E-state index in [0.717, 1.165) is 0 Å². The molecule has 1 rings (SSSR count). The minimum Gasteiger partial charge on any atom is -0.389 e. The zero-order valence-electron chi connectivity index (χ0n) is 10.0. The molecular formula is C11H11N5O2S. The van der Waals surface area contributed by atoms with Crippen molar-refractivity contribution in [3.8, 4) is 6.07 Å². The number of benzene rings is 1. The fourth-order valence-corrected chi connectivity index (χ4v) is 1.42. The number of nitriles is 1. The van der Waals surface area contributed by atoms with Crippen LogP contribution in [0, 0.1) is 21.4 Å². The molecule has 0 spiro atoms. The van der Waals surface area contributed by atoms with E-state index in [1.165, 1.54) is 24.3 Å². The molecular weight excluding hydrogens is 266 g/mol. The fraction of sp³-hybridized carbons (Fsp3) is 0.0909. The Morgan fingerprint density at radius 1 is 1.47 bits per heavy atom. The number of hydrogen-bond donors (Lipinski definition) is 3. The first-order valence-electron chi connectivity index (χ1n) is 5.13. The summed E-state index contributed by atoms with van der Waals surface area (Å²) < 4.78 is 0. The number of thiocarbonyl (C=S) groups is 1. The fourth-order valence-electron chi connectivity index (χ4n) is 1.22. The summed E-state index contributed by atoms with van der Waals surface area (Å²) in [6.07, 6.45) is 0. The third kappa shape index (κ3) is 3.93. The van der Waals surface area contributed by atoms with Gasteiger partial charge in [0.1, 0.15) is 16.6 Å². The van der Waals surface area contributed by atoms with Crippen molar-refractivity contribution in [2.24, 2.45) is 5.73 Å². The lowest BCUT2D eigenvalue weighted by Crippen LogP contribution is -2.24. The van der Waals surface area contributed by atoms with Crippen molar-refractivity contribution in [2.75, 3.05) is 5.43 Å². The molecule has 0 radical (unpaired) electrons. The second-order valence-corrected chi connectivity index (χ2v) is 3.97. The standard InChI is InChI=1S/C11H11N5O2S/c1-7(10(6-12)11(13)19)14-15-8-2-4-9(5-3-8)16(17)18/h2-5,14-15H,1H3,(H2,13,19). The number of hydrazine groups is 1. The van der Waals surface area contributed by atoms with Gasteiger partial charge in [0, 0.05) is 17.8 Å². The summed E-state index contributed by atoms with van der Waals surface area (Å²) in [7, 11) is 0. The molecule has 0 fully saturated rings. The van der Waals surface area contributed by atoms with Crippen molar-refractivity contribution in [1.82, 2.24) is 5.43 Å². The molecule has 8 heteroatoms. The predicted molar refractivity (Wildman–Crippen MR) is 75.0 cm³/mol. The largest absolute Gasteiger partial charge is 0.389 e. The third-order valence-electron chi connectivity index (χ3n) is 2.21. The van der Waals surface area contributed by atoms with E-state index >= 15 is 0 Å². The van der Waals surface area contributed by atoms with Gasteiger partial charge in [0.25, 0.3) is 5.69 Å². The number of allylic oxidation sites excluding steroid dienone is 1. The van der Waals surface area contributed by atoms with Gasteiger partial charge in [-0.1, -0.05) is 12.2 Å². The highest BCUT2D eigenvalue weighted by Gasteiger charge is 2.06. The van der Waals surface area contributed by atoms with Crippen LogP contribution in [0.25, 0.3) is 0 Å². The molecule has 0 aromatic heterocycles. The van der Waals surface area contributed by atoms with Gasteiger partial charge in [-0.3, -0.25) is 10.1 Å². The smallest absolute Gasteiger partial charge is 0.269 e. The van der Waals surface area contributed by atoms with Crippen LogP contribution in [0.3, 0.4) is 0 Å². The summed E-state index contributed by atoms with van der Waals surface area (Å²) in [6.45, 7) is 1.64. The molecule has 0 unspecified atom stereocenters. The van der Waals surface area contributed by atoms with Gasteiger partial charge in [0.15, 0.2) is 0 Å². The van der Waals surface area contributed by atoms with Crippen molar-refractivity contribution < 1.29 is 4.92 Å². The Kier molecular flexibility index (Phi) is 4.79. The van der Waals surface area contributed by atoms with Crippen molar-refractivity contribution in [3.63, 3.8) is 0 Å². The van der Waals surface area contributed by atoms with Gasteiger partial charge >= 0.3 is 0 Å². The predicted octanol–water partition coefficient (Wildman–Crippen LogP) is 1.59. The molecule has 0 aliphatic rings. The molecule has 4 N–H and O–H groups in total. The first-order chi connectivity index (χ1) is 8.95. The van der Waals surface area contributed by atoms with Crippen LogP contribution in [0.15, 0.2) is 35.5 Å². The summed E-state index contributed by atoms with van der Waals surface area (Å²) in [5.41, 5.74) is 12.1. The monoisotopic (exact) mass is 277 g/mol. The molecule has 98 valence electrons. The van der Waals surface area contributed by atoms with E-state index in [1.807, 2.05) is 6.07 Å². The van der Waals surface area contributed by atoms with E-state index in [1.54, 1.807) is 6.92 Å². The minimum absolute atomic E-state index is 0.00124. The first-order valence-corrected chi connectivity index (χ1v) is 5.53. The van der Waals surface area contributed by atoms with Gasteiger partial charge in [-0.25, -0.2) is 0 Å². The van der Waals surface area contributed by atoms with Crippen LogP contribution >= 0.6 is 12.2 Å². The number of non-ortho nitro benzene ring substituents is 1. The minimum atomic E-state index is -0.483. The zero-order chi connectivity index (χ0) is 14.4. The SMILES string of the molecule is CC(NNc1ccc([N+](=O)[O-])cc1)=C(C#N)C(N)=S. The number of nitro groups is 1. The number of anilines is 1. The lowest BCUT2D eigenvalue weighted by atomic mass is 10.2. The molecule has 0 bridgehead atoms. The molecule has 0 saturated carbocycles. The topological polar surface area (TPSA) is 117 Å². The van der Waals surface area contributed by atoms with E-state index in [-0.39, 0.29) is 16.2 Å². The maximum absolute atomic E-state index is 10.5. The molecule has 0 aliphatic carbocycles. The molecule has 7 nitrogen and oxygen atoms in total. The van der Waals surface area contributed by atoms with Gasteiger partial charge in [-0.15, -0.1) is 0 Å². The lowest BCUT2D eigenvalue weighted by Gasteiger charge is -2.11. The van der Waals surface area contributed by atoms with Gasteiger partial charge in [-0.2, -0.15) is 5.26 Å². The second kappa shape index (κ2) is 6.32. The van der Waals surface area contributed by atoms with Crippen molar-refractivity contribution in [2.45, 2.75) is 6.92 Å². The van der Waals surface area contributed by atoms with Crippen LogP contribution in [0.2, 0.25) is 0 Å². The molecule has 19 heavy (non-hydrogen) atoms. The number of nitro benzene ring substituents is 1. The molecule has 1 aromatic carbocycles. The third-order valence-corrected chi connectivity index (χ3v) is 2.41. The number of rotatable bonds is 5. The van der Waals surface area contributed by atoms with Crippen LogP contribution < -0.4 is 16.6 Å². The van der Waals surface area contributed by atoms with Crippen LogP contribution in [0.1, 0.15) is 6.92 Å². The second-order valence-electron chi connectivity index (χ2n) is 3.53. The Morgan fingerprint density at radius 3 is 2.47 bits per heavy atom. The van der Waals surface area contributed by atoms with Crippen LogP contribution in [-0.2, 0) is 0 Å². The maximum atomic E-state index is 10.5. The molecule has 0 heterocycles. The van der Waals surface area contributed by atoms with Gasteiger partial charge in [-0.05, 0) is 19.1 Å². The number of nitrogens with one attached hydrogen (secondary N) is 2. The Labute approximate surface area is 114 Å². The maximum Gasteiger partial charge on any atom is 0.269 e. The quantitative estimate of drug-likeness (QED) is 0.246. The normalized spacial score (nSPS) is 10.9. The van der Waals surface area contributed by atoms with Crippen molar-refractivity contribution in [3.05, 3.63) is 45.6 Å². The summed E-state index contributed by atoms with van der Waals surface area (Å²) in [4.78, 5) is 9.99. The van der Waals surface area contributed by atoms with Crippen molar-refractivity contribution in [1.29, 1.82) is 5.26 Å². The molecule has 1 aromatic rings. The highest BCUT2D eigenvalue weighted by molar-refractivity contribution is 7.80. The Hall–Kier alpha value is -2.66. The lowest BCUT2D eigenvalue weighted by molar-refractivity contribution is -0.384. The average molecular weight is 277 g/mol. The summed E-state index contributed by atoms with van der Waals surface area (Å²) in [6, 6.07) is 7.67. The highest BCUT2D eigenvalue weighted by Crippen LogP contribution is 2.14. The Balaban J connectivity index is 2.75. The molecule has 0 saturated heterocycles. The van der Waals surface area contributed by atoms with E-state index in [4.69, 9.17) is 23.2 Å². The summed E-state index contributed by atoms with van der Waals surface area (Å²) in [5.74, 6) is 0. The van der Waals surface area contributed by atoms with Gasteiger partial charge in [0.05, 0.1) is 10.6 Å². The zero-order valence-corrected chi connectivity index (χ0v) is 10.8. The van der Waals surface area contributed by atoms with Crippen LogP contribution in [0.4, 0.5) is 11.4 Å². The number of hydrogen-bond acceptors (Lipinski definition) is 6. The van der Waals surface area contributed by atoms with Gasteiger partial charge < -0.3 is 16.6 Å². The van der Waals surface area contributed by atoms with Crippen LogP contribution in [0.5, 0.6) is 0 Å². The molecule has 0 atom stereocenters. The van der Waals surface area contributed by atoms with Crippen molar-refractivity contribution >= 4 is 28.6 Å². The Morgan fingerprint density at radius 2 is 2.05 bits per heavy atom. The molecule has 0 amide bonds. The Bertz CT molecular complexity index is 574. The van der Waals surface area contributed by atoms with E-state index in [2.05, 4.69) is 10.9 Å². The number of nitrogens with two attached hydrogens (primary N) is 1. The van der Waals surface area contributed by atoms with E-state index in [0.29, 0.717) is 11.4 Å². The summed E-state index contributed by atoms with van der Waals surface area (Å²) >= 11 is 4.72. The highest BCUT2D eigenvalue weighted by atomic mass is 32.1. The van der Waals surface area contributed by atoms with E-state index < -0.39 is 4.92 Å². The summed E-state index contributed by atoms with van der Waals surface area (Å²) in [5, 5.41) is 19.3. The first kappa shape index (κ1) is 14.4. The number of nitrogens with zero attached hydrogens (tertiary/aromatic N) is 2. The van der Waals surface area contributed by atoms with Gasteiger partial charge in [0.2, 0.25) is 0 Å². The van der Waals surface area contributed by atoms with E-state index in [9.17, 15) is 10.1 Å². The molecule has 0 aliphatic heterocycles.